The Kier molecular flexibility index (Phi) is 6.94. The van der Waals surface area contributed by atoms with Crippen LogP contribution in [0.25, 0.3) is 0 Å². The minimum Gasteiger partial charge on any atom is -0.497 e. The Bertz CT molecular complexity index is 464. The molecule has 0 aromatic heterocycles. The molecule has 0 heterocycles. The molecule has 5 nitrogen and oxygen atoms in total. The van der Waals surface area contributed by atoms with Gasteiger partial charge in [-0.25, -0.2) is 9.18 Å². The molecular weight excluding hydrogens is 275 g/mol. The van der Waals surface area contributed by atoms with Crippen molar-refractivity contribution in [3.05, 3.63) is 24.0 Å². The second-order valence-corrected chi connectivity index (χ2v) is 4.82. The average molecular weight is 298 g/mol. The van der Waals surface area contributed by atoms with Gasteiger partial charge in [0, 0.05) is 12.6 Å². The number of rotatable bonds is 7. The van der Waals surface area contributed by atoms with E-state index in [1.54, 1.807) is 0 Å². The van der Waals surface area contributed by atoms with Crippen LogP contribution in [0.1, 0.15) is 26.7 Å². The summed E-state index contributed by atoms with van der Waals surface area (Å²) in [6.07, 6.45) is 1.07. The van der Waals surface area contributed by atoms with Crippen molar-refractivity contribution in [3.8, 4) is 5.75 Å². The van der Waals surface area contributed by atoms with Crippen LogP contribution in [0.3, 0.4) is 0 Å². The molecule has 118 valence electrons. The number of aliphatic hydroxyl groups excluding tert-OH is 1. The Hall–Kier alpha value is -1.82. The Morgan fingerprint density at radius 3 is 2.62 bits per heavy atom. The van der Waals surface area contributed by atoms with Crippen LogP contribution in [0.4, 0.5) is 14.9 Å². The van der Waals surface area contributed by atoms with E-state index in [0.717, 1.165) is 12.8 Å². The number of hydrogen-bond donors (Lipinski definition) is 3. The van der Waals surface area contributed by atoms with Crippen molar-refractivity contribution in [2.45, 2.75) is 32.8 Å². The normalized spacial score (nSPS) is 12.1. The number of carbonyl (C=O) groups is 1. The first-order chi connectivity index (χ1) is 10.0. The van der Waals surface area contributed by atoms with Crippen molar-refractivity contribution in [2.75, 3.05) is 19.0 Å². The van der Waals surface area contributed by atoms with E-state index in [1.165, 1.54) is 25.3 Å². The van der Waals surface area contributed by atoms with Crippen molar-refractivity contribution in [1.82, 2.24) is 5.32 Å². The number of ether oxygens (including phenoxy) is 1. The van der Waals surface area contributed by atoms with Gasteiger partial charge >= 0.3 is 6.03 Å². The Labute approximate surface area is 124 Å². The molecule has 1 rings (SSSR count). The minimum atomic E-state index is -0.610. The maximum atomic E-state index is 13.6. The molecule has 0 aliphatic heterocycles. The number of anilines is 1. The van der Waals surface area contributed by atoms with Crippen molar-refractivity contribution < 1.29 is 19.0 Å². The van der Waals surface area contributed by atoms with E-state index in [-0.39, 0.29) is 18.2 Å². The predicted molar refractivity (Wildman–Crippen MR) is 80.1 cm³/mol. The number of nitrogens with one attached hydrogen (secondary N) is 2. The summed E-state index contributed by atoms with van der Waals surface area (Å²) < 4.78 is 18.5. The molecule has 0 bridgehead atoms. The number of benzene rings is 1. The molecule has 0 aliphatic rings. The van der Waals surface area contributed by atoms with Crippen LogP contribution < -0.4 is 15.4 Å². The Balaban J connectivity index is 2.54. The van der Waals surface area contributed by atoms with Crippen LogP contribution in [-0.4, -0.2) is 30.9 Å². The van der Waals surface area contributed by atoms with Gasteiger partial charge in [-0.1, -0.05) is 26.7 Å². The first kappa shape index (κ1) is 17.2. The fraction of sp³-hybridized carbons (Fsp3) is 0.533. The van der Waals surface area contributed by atoms with E-state index in [0.29, 0.717) is 5.75 Å². The van der Waals surface area contributed by atoms with Gasteiger partial charge in [-0.3, -0.25) is 0 Å². The van der Waals surface area contributed by atoms with Gasteiger partial charge in [-0.2, -0.15) is 0 Å². The van der Waals surface area contributed by atoms with Gasteiger partial charge in [0.2, 0.25) is 0 Å². The third kappa shape index (κ3) is 5.23. The first-order valence-electron chi connectivity index (χ1n) is 7.08. The highest BCUT2D eigenvalue weighted by atomic mass is 19.1. The number of carbonyl (C=O) groups excluding carboxylic acids is 1. The van der Waals surface area contributed by atoms with E-state index in [1.807, 2.05) is 13.8 Å². The monoisotopic (exact) mass is 298 g/mol. The number of amides is 2. The molecule has 0 spiro atoms. The van der Waals surface area contributed by atoms with Crippen LogP contribution in [0.15, 0.2) is 18.2 Å². The Morgan fingerprint density at radius 2 is 2.05 bits per heavy atom. The lowest BCUT2D eigenvalue weighted by atomic mass is 9.97. The van der Waals surface area contributed by atoms with E-state index >= 15 is 0 Å². The van der Waals surface area contributed by atoms with Crippen LogP contribution >= 0.6 is 0 Å². The molecule has 2 amide bonds. The maximum Gasteiger partial charge on any atom is 0.319 e. The summed E-state index contributed by atoms with van der Waals surface area (Å²) in [5.41, 5.74) is 0.0314. The van der Waals surface area contributed by atoms with E-state index in [9.17, 15) is 14.3 Å². The molecular formula is C15H23FN2O3. The zero-order valence-electron chi connectivity index (χ0n) is 12.6. The van der Waals surface area contributed by atoms with Gasteiger partial charge in [0.25, 0.3) is 0 Å². The third-order valence-electron chi connectivity index (χ3n) is 3.49. The molecule has 0 saturated heterocycles. The van der Waals surface area contributed by atoms with Gasteiger partial charge in [0.15, 0.2) is 0 Å². The van der Waals surface area contributed by atoms with Crippen molar-refractivity contribution in [3.63, 3.8) is 0 Å². The molecule has 0 saturated carbocycles. The summed E-state index contributed by atoms with van der Waals surface area (Å²) >= 11 is 0. The van der Waals surface area contributed by atoms with Crippen LogP contribution in [0.5, 0.6) is 5.75 Å². The number of halogens is 1. The highest BCUT2D eigenvalue weighted by Gasteiger charge is 2.16. The number of hydrogen-bond acceptors (Lipinski definition) is 3. The molecule has 1 aromatic rings. The van der Waals surface area contributed by atoms with Gasteiger partial charge in [0.1, 0.15) is 11.6 Å². The molecule has 1 unspecified atom stereocenters. The van der Waals surface area contributed by atoms with E-state index < -0.39 is 18.0 Å². The third-order valence-corrected chi connectivity index (χ3v) is 3.49. The summed E-state index contributed by atoms with van der Waals surface area (Å²) in [6, 6.07) is 3.52. The van der Waals surface area contributed by atoms with Gasteiger partial charge in [-0.15, -0.1) is 0 Å². The van der Waals surface area contributed by atoms with Crippen molar-refractivity contribution in [2.24, 2.45) is 5.92 Å². The molecule has 1 aromatic carbocycles. The lowest BCUT2D eigenvalue weighted by molar-refractivity contribution is 0.104. The average Bonchev–Trinajstić information content (AvgIpc) is 2.48. The smallest absolute Gasteiger partial charge is 0.319 e. The fourth-order valence-electron chi connectivity index (χ4n) is 2.09. The summed E-state index contributed by atoms with van der Waals surface area (Å²) in [5, 5.41) is 14.9. The lowest BCUT2D eigenvalue weighted by Crippen LogP contribution is -2.38. The largest absolute Gasteiger partial charge is 0.497 e. The van der Waals surface area contributed by atoms with Gasteiger partial charge < -0.3 is 20.5 Å². The molecule has 0 fully saturated rings. The summed E-state index contributed by atoms with van der Waals surface area (Å²) in [6.45, 7) is 4.11. The minimum absolute atomic E-state index is 0.0314. The summed E-state index contributed by atoms with van der Waals surface area (Å²) in [4.78, 5) is 11.7. The first-order valence-corrected chi connectivity index (χ1v) is 7.08. The molecule has 0 radical (unpaired) electrons. The number of urea groups is 1. The summed E-state index contributed by atoms with van der Waals surface area (Å²) in [7, 11) is 1.46. The number of methoxy groups -OCH3 is 1. The second-order valence-electron chi connectivity index (χ2n) is 4.82. The maximum absolute atomic E-state index is 13.6. The standard InChI is InChI=1S/C15H23FN2O3/c1-4-10(5-2)14(19)9-17-15(20)18-13-8-11(21-3)6-7-12(13)16/h6-8,10,14,19H,4-5,9H2,1-3H3,(H2,17,18,20). The molecule has 21 heavy (non-hydrogen) atoms. The van der Waals surface area contributed by atoms with E-state index in [4.69, 9.17) is 4.74 Å². The van der Waals surface area contributed by atoms with E-state index in [2.05, 4.69) is 10.6 Å². The quantitative estimate of drug-likeness (QED) is 0.725. The Morgan fingerprint density at radius 1 is 1.38 bits per heavy atom. The lowest BCUT2D eigenvalue weighted by Gasteiger charge is -2.20. The predicted octanol–water partition coefficient (Wildman–Crippen LogP) is 2.75. The zero-order chi connectivity index (χ0) is 15.8. The second kappa shape index (κ2) is 8.46. The fourth-order valence-corrected chi connectivity index (χ4v) is 2.09. The molecule has 1 atom stereocenters. The molecule has 6 heteroatoms. The van der Waals surface area contributed by atoms with Crippen LogP contribution in [-0.2, 0) is 0 Å². The SMILES string of the molecule is CCC(CC)C(O)CNC(=O)Nc1cc(OC)ccc1F. The van der Waals surface area contributed by atoms with Crippen LogP contribution in [0, 0.1) is 11.7 Å². The molecule has 3 N–H and O–H groups in total. The van der Waals surface area contributed by atoms with Gasteiger partial charge in [-0.05, 0) is 18.1 Å². The number of aliphatic hydroxyl groups is 1. The highest BCUT2D eigenvalue weighted by molar-refractivity contribution is 5.89. The zero-order valence-corrected chi connectivity index (χ0v) is 12.6. The molecule has 0 aliphatic carbocycles. The van der Waals surface area contributed by atoms with Crippen molar-refractivity contribution in [1.29, 1.82) is 0 Å². The van der Waals surface area contributed by atoms with Crippen LogP contribution in [0.2, 0.25) is 0 Å². The van der Waals surface area contributed by atoms with Gasteiger partial charge in [0.05, 0.1) is 18.9 Å². The van der Waals surface area contributed by atoms with Crippen molar-refractivity contribution >= 4 is 11.7 Å². The highest BCUT2D eigenvalue weighted by Crippen LogP contribution is 2.20. The topological polar surface area (TPSA) is 70.6 Å². The summed E-state index contributed by atoms with van der Waals surface area (Å²) in [5.74, 6) is 0.0362.